The van der Waals surface area contributed by atoms with Gasteiger partial charge in [0.2, 0.25) is 5.82 Å². The molecule has 2 aliphatic rings. The molecule has 3 rings (SSSR count). The van der Waals surface area contributed by atoms with Gasteiger partial charge in [0.05, 0.1) is 25.4 Å². The van der Waals surface area contributed by atoms with Crippen LogP contribution in [0.2, 0.25) is 0 Å². The molecule has 1 saturated carbocycles. The molecular weight excluding hydrogens is 410 g/mol. The van der Waals surface area contributed by atoms with Crippen molar-refractivity contribution < 1.29 is 23.0 Å². The summed E-state index contributed by atoms with van der Waals surface area (Å²) in [5.74, 6) is -0.806. The maximum Gasteiger partial charge on any atom is 0.200 e. The highest BCUT2D eigenvalue weighted by atomic mass is 19.2. The molecule has 0 aromatic heterocycles. The summed E-state index contributed by atoms with van der Waals surface area (Å²) in [6.07, 6.45) is 13.1. The van der Waals surface area contributed by atoms with Gasteiger partial charge in [-0.25, -0.2) is 4.39 Å². The Morgan fingerprint density at radius 2 is 1.69 bits per heavy atom. The number of hydrogen-bond donors (Lipinski definition) is 0. The predicted octanol–water partition coefficient (Wildman–Crippen LogP) is 7.56. The normalized spacial score (nSPS) is 26.2. The van der Waals surface area contributed by atoms with Crippen molar-refractivity contribution in [2.75, 3.05) is 19.8 Å². The van der Waals surface area contributed by atoms with Crippen molar-refractivity contribution in [3.8, 4) is 5.75 Å². The van der Waals surface area contributed by atoms with Gasteiger partial charge in [-0.15, -0.1) is 0 Å². The average molecular weight is 453 g/mol. The van der Waals surface area contributed by atoms with Crippen LogP contribution in [-0.4, -0.2) is 32.0 Å². The van der Waals surface area contributed by atoms with Gasteiger partial charge in [-0.3, -0.25) is 0 Å². The van der Waals surface area contributed by atoms with Crippen LogP contribution < -0.4 is 4.74 Å². The van der Waals surface area contributed by atoms with E-state index in [0.29, 0.717) is 24.7 Å². The summed E-state index contributed by atoms with van der Waals surface area (Å²) in [6.45, 7) is 6.22. The van der Waals surface area contributed by atoms with Gasteiger partial charge < -0.3 is 14.2 Å². The molecule has 3 nitrogen and oxygen atoms in total. The Kier molecular flexibility index (Phi) is 10.7. The molecule has 0 bridgehead atoms. The molecule has 1 heterocycles. The van der Waals surface area contributed by atoms with Crippen molar-refractivity contribution in [1.29, 1.82) is 0 Å². The number of rotatable bonds is 12. The van der Waals surface area contributed by atoms with E-state index >= 15 is 0 Å². The number of halogens is 2. The fourth-order valence-corrected chi connectivity index (χ4v) is 4.99. The molecule has 5 heteroatoms. The van der Waals surface area contributed by atoms with E-state index in [4.69, 9.17) is 14.2 Å². The lowest BCUT2D eigenvalue weighted by Gasteiger charge is -2.32. The lowest BCUT2D eigenvalue weighted by Crippen LogP contribution is -2.32. The Bertz CT molecular complexity index is 665. The first-order valence-corrected chi connectivity index (χ1v) is 13.0. The molecule has 2 atom stereocenters. The van der Waals surface area contributed by atoms with Crippen LogP contribution in [0, 0.1) is 17.6 Å². The van der Waals surface area contributed by atoms with E-state index in [9.17, 15) is 8.78 Å². The number of benzene rings is 1. The van der Waals surface area contributed by atoms with Gasteiger partial charge in [0.1, 0.15) is 0 Å². The van der Waals surface area contributed by atoms with Crippen molar-refractivity contribution in [2.24, 2.45) is 5.92 Å². The van der Waals surface area contributed by atoms with Crippen LogP contribution in [0.4, 0.5) is 8.78 Å². The minimum atomic E-state index is -0.848. The fraction of sp³-hybridized carbons (Fsp3) is 0.778. The third-order valence-corrected chi connectivity index (χ3v) is 7.14. The van der Waals surface area contributed by atoms with Gasteiger partial charge in [0.25, 0.3) is 0 Å². The molecule has 0 spiro atoms. The van der Waals surface area contributed by atoms with Crippen molar-refractivity contribution in [3.05, 3.63) is 29.3 Å². The lowest BCUT2D eigenvalue weighted by molar-refractivity contribution is -0.0858. The van der Waals surface area contributed by atoms with Gasteiger partial charge in [-0.05, 0) is 74.8 Å². The topological polar surface area (TPSA) is 27.7 Å². The van der Waals surface area contributed by atoms with E-state index in [1.807, 2.05) is 6.92 Å². The first kappa shape index (κ1) is 25.4. The quantitative estimate of drug-likeness (QED) is 0.306. The minimum absolute atomic E-state index is 0.0248. The summed E-state index contributed by atoms with van der Waals surface area (Å²) in [7, 11) is 0. The molecule has 1 aliphatic heterocycles. The maximum absolute atomic E-state index is 14.7. The molecule has 32 heavy (non-hydrogen) atoms. The summed E-state index contributed by atoms with van der Waals surface area (Å²) < 4.78 is 46.7. The highest BCUT2D eigenvalue weighted by molar-refractivity contribution is 5.33. The fourth-order valence-electron chi connectivity index (χ4n) is 4.99. The van der Waals surface area contributed by atoms with Crippen LogP contribution in [0.5, 0.6) is 5.75 Å². The van der Waals surface area contributed by atoms with E-state index in [-0.39, 0.29) is 23.9 Å². The van der Waals surface area contributed by atoms with Gasteiger partial charge in [0, 0.05) is 6.61 Å². The zero-order valence-electron chi connectivity index (χ0n) is 20.1. The van der Waals surface area contributed by atoms with Crippen molar-refractivity contribution in [2.45, 2.75) is 109 Å². The molecule has 0 N–H and O–H groups in total. The third-order valence-electron chi connectivity index (χ3n) is 7.14. The second-order valence-electron chi connectivity index (χ2n) is 9.68. The monoisotopic (exact) mass is 452 g/mol. The zero-order valence-corrected chi connectivity index (χ0v) is 20.1. The van der Waals surface area contributed by atoms with Crippen molar-refractivity contribution in [1.82, 2.24) is 0 Å². The van der Waals surface area contributed by atoms with Gasteiger partial charge in [-0.2, -0.15) is 4.39 Å². The molecule has 0 radical (unpaired) electrons. The molecule has 1 aromatic carbocycles. The second kappa shape index (κ2) is 13.5. The van der Waals surface area contributed by atoms with E-state index < -0.39 is 11.6 Å². The molecule has 1 aliphatic carbocycles. The van der Waals surface area contributed by atoms with E-state index in [2.05, 4.69) is 6.92 Å². The standard InChI is InChI=1S/C27H42F2O3/c1-3-5-7-8-20-9-12-23(31-18-20)19-32-22-13-10-21(11-14-22)24-15-16-25(27(29)26(24)28)30-17-6-4-2/h15-16,20-23H,3-14,17-19H2,1-2H3. The number of ether oxygens (including phenoxy) is 3. The van der Waals surface area contributed by atoms with Crippen molar-refractivity contribution in [3.63, 3.8) is 0 Å². The van der Waals surface area contributed by atoms with Gasteiger partial charge in [-0.1, -0.05) is 45.6 Å². The Morgan fingerprint density at radius 1 is 0.906 bits per heavy atom. The Labute approximate surface area is 193 Å². The summed E-state index contributed by atoms with van der Waals surface area (Å²) in [4.78, 5) is 0. The predicted molar refractivity (Wildman–Crippen MR) is 124 cm³/mol. The molecule has 2 fully saturated rings. The lowest BCUT2D eigenvalue weighted by atomic mass is 9.82. The third kappa shape index (κ3) is 7.41. The highest BCUT2D eigenvalue weighted by Crippen LogP contribution is 2.37. The molecule has 2 unspecified atom stereocenters. The average Bonchev–Trinajstić information content (AvgIpc) is 2.82. The van der Waals surface area contributed by atoms with Gasteiger partial charge >= 0.3 is 0 Å². The summed E-state index contributed by atoms with van der Waals surface area (Å²) in [5, 5.41) is 0. The van der Waals surface area contributed by atoms with Crippen LogP contribution >= 0.6 is 0 Å². The Morgan fingerprint density at radius 3 is 2.38 bits per heavy atom. The first-order chi connectivity index (χ1) is 15.6. The minimum Gasteiger partial charge on any atom is -0.490 e. The van der Waals surface area contributed by atoms with E-state index in [1.165, 1.54) is 32.1 Å². The molecule has 182 valence electrons. The number of hydrogen-bond acceptors (Lipinski definition) is 3. The largest absolute Gasteiger partial charge is 0.490 e. The van der Waals surface area contributed by atoms with Crippen molar-refractivity contribution >= 4 is 0 Å². The molecule has 0 amide bonds. The SMILES string of the molecule is CCCCCC1CCC(COC2CCC(c3ccc(OCCCC)c(F)c3F)CC2)OC1. The Balaban J connectivity index is 1.38. The summed E-state index contributed by atoms with van der Waals surface area (Å²) in [6, 6.07) is 3.29. The number of unbranched alkanes of at least 4 members (excludes halogenated alkanes) is 3. The van der Waals surface area contributed by atoms with Crippen LogP contribution in [0.1, 0.15) is 102 Å². The van der Waals surface area contributed by atoms with Crippen LogP contribution in [-0.2, 0) is 9.47 Å². The maximum atomic E-state index is 14.7. The van der Waals surface area contributed by atoms with Gasteiger partial charge in [0.15, 0.2) is 11.6 Å². The smallest absolute Gasteiger partial charge is 0.200 e. The first-order valence-electron chi connectivity index (χ1n) is 13.0. The van der Waals surface area contributed by atoms with Crippen LogP contribution in [0.15, 0.2) is 12.1 Å². The van der Waals surface area contributed by atoms with Crippen LogP contribution in [0.3, 0.4) is 0 Å². The molecule has 1 aromatic rings. The zero-order chi connectivity index (χ0) is 22.8. The molecular formula is C27H42F2O3. The summed E-state index contributed by atoms with van der Waals surface area (Å²) in [5.41, 5.74) is 0.480. The van der Waals surface area contributed by atoms with Crippen LogP contribution in [0.25, 0.3) is 0 Å². The van der Waals surface area contributed by atoms with E-state index in [1.54, 1.807) is 12.1 Å². The Hall–Kier alpha value is -1.20. The highest BCUT2D eigenvalue weighted by Gasteiger charge is 2.28. The van der Waals surface area contributed by atoms with E-state index in [0.717, 1.165) is 51.6 Å². The molecule has 1 saturated heterocycles. The summed E-state index contributed by atoms with van der Waals surface area (Å²) >= 11 is 0. The second-order valence-corrected chi connectivity index (χ2v) is 9.68.